The molecule has 2 saturated heterocycles. The van der Waals surface area contributed by atoms with Gasteiger partial charge in [-0.2, -0.15) is 11.8 Å². The van der Waals surface area contributed by atoms with E-state index in [1.54, 1.807) is 0 Å². The highest BCUT2D eigenvalue weighted by molar-refractivity contribution is 8.00. The molecule has 2 fully saturated rings. The number of hydrogen-bond acceptors (Lipinski definition) is 3. The monoisotopic (exact) mass is 312 g/mol. The summed E-state index contributed by atoms with van der Waals surface area (Å²) in [7, 11) is 0. The van der Waals surface area contributed by atoms with Crippen LogP contribution >= 0.6 is 11.8 Å². The Balaban J connectivity index is 1.65. The summed E-state index contributed by atoms with van der Waals surface area (Å²) in [6.07, 6.45) is 5.40. The lowest BCUT2D eigenvalue weighted by molar-refractivity contribution is 0.195. The van der Waals surface area contributed by atoms with Crippen LogP contribution < -0.4 is 10.6 Å². The molecule has 2 aliphatic heterocycles. The molecule has 1 unspecified atom stereocenters. The molecule has 0 spiro atoms. The summed E-state index contributed by atoms with van der Waals surface area (Å²) in [5.41, 5.74) is 0. The highest BCUT2D eigenvalue weighted by Crippen LogP contribution is 2.25. The second-order valence-electron chi connectivity index (χ2n) is 6.31. The van der Waals surface area contributed by atoms with E-state index in [1.165, 1.54) is 44.5 Å². The smallest absolute Gasteiger partial charge is 0.191 e. The Morgan fingerprint density at radius 3 is 2.71 bits per heavy atom. The third-order valence-electron chi connectivity index (χ3n) is 4.42. The van der Waals surface area contributed by atoms with Gasteiger partial charge in [-0.25, -0.2) is 0 Å². The molecule has 0 saturated carbocycles. The van der Waals surface area contributed by atoms with Crippen LogP contribution in [-0.2, 0) is 0 Å². The van der Waals surface area contributed by atoms with Gasteiger partial charge in [-0.15, -0.1) is 0 Å². The van der Waals surface area contributed by atoms with Gasteiger partial charge in [0, 0.05) is 24.9 Å². The Hall–Kier alpha value is -0.420. The van der Waals surface area contributed by atoms with E-state index in [0.29, 0.717) is 0 Å². The average molecular weight is 313 g/mol. The van der Waals surface area contributed by atoms with Crippen LogP contribution in [0.3, 0.4) is 0 Å². The molecule has 0 amide bonds. The van der Waals surface area contributed by atoms with Gasteiger partial charge in [-0.05, 0) is 57.4 Å². The molecule has 0 aromatic heterocycles. The number of aliphatic imine (C=N–C) groups is 1. The molecule has 122 valence electrons. The molecule has 0 bridgehead atoms. The number of thioether (sulfide) groups is 1. The minimum absolute atomic E-state index is 0.740. The summed E-state index contributed by atoms with van der Waals surface area (Å²) in [4.78, 5) is 7.32. The number of hydrogen-bond donors (Lipinski definition) is 2. The number of nitrogens with zero attached hydrogens (tertiary/aromatic N) is 2. The maximum Gasteiger partial charge on any atom is 0.191 e. The first-order valence-electron chi connectivity index (χ1n) is 8.64. The fraction of sp³-hybridized carbons (Fsp3) is 0.938. The number of guanidine groups is 1. The van der Waals surface area contributed by atoms with Crippen molar-refractivity contribution in [3.63, 3.8) is 0 Å². The van der Waals surface area contributed by atoms with Crippen molar-refractivity contribution in [3.8, 4) is 0 Å². The number of likely N-dealkylation sites (tertiary alicyclic amines) is 1. The van der Waals surface area contributed by atoms with Gasteiger partial charge in [0.25, 0.3) is 0 Å². The minimum Gasteiger partial charge on any atom is -0.357 e. The number of piperidine rings is 1. The molecule has 1 atom stereocenters. The molecule has 2 heterocycles. The standard InChI is InChI=1S/C16H32N4S/c1-3-17-16(19-13-15-5-4-12-21-15)18-8-11-20-9-6-14(2)7-10-20/h14-15H,3-13H2,1-2H3,(H2,17,18,19). The Labute approximate surface area is 134 Å². The van der Waals surface area contributed by atoms with Gasteiger partial charge in [0.1, 0.15) is 0 Å². The predicted molar refractivity (Wildman–Crippen MR) is 94.3 cm³/mol. The molecular weight excluding hydrogens is 280 g/mol. The Bertz CT molecular complexity index is 307. The molecule has 5 heteroatoms. The van der Waals surface area contributed by atoms with Crippen molar-refractivity contribution in [1.82, 2.24) is 15.5 Å². The largest absolute Gasteiger partial charge is 0.357 e. The lowest BCUT2D eigenvalue weighted by atomic mass is 9.99. The van der Waals surface area contributed by atoms with Crippen LogP contribution in [-0.4, -0.2) is 61.1 Å². The molecule has 0 aliphatic carbocycles. The molecule has 2 aliphatic rings. The van der Waals surface area contributed by atoms with Crippen LogP contribution in [0.2, 0.25) is 0 Å². The van der Waals surface area contributed by atoms with Gasteiger partial charge >= 0.3 is 0 Å². The van der Waals surface area contributed by atoms with Crippen molar-refractivity contribution in [3.05, 3.63) is 0 Å². The topological polar surface area (TPSA) is 39.7 Å². The SMILES string of the molecule is CCNC(=NCC1CCCS1)NCCN1CCC(C)CC1. The fourth-order valence-corrected chi connectivity index (χ4v) is 4.12. The first kappa shape index (κ1) is 16.9. The van der Waals surface area contributed by atoms with E-state index in [4.69, 9.17) is 4.99 Å². The van der Waals surface area contributed by atoms with Crippen LogP contribution in [0.15, 0.2) is 4.99 Å². The van der Waals surface area contributed by atoms with Gasteiger partial charge in [-0.3, -0.25) is 4.99 Å². The summed E-state index contributed by atoms with van der Waals surface area (Å²) < 4.78 is 0. The minimum atomic E-state index is 0.740. The van der Waals surface area contributed by atoms with Crippen molar-refractivity contribution in [1.29, 1.82) is 0 Å². The lowest BCUT2D eigenvalue weighted by Gasteiger charge is -2.30. The third kappa shape index (κ3) is 6.47. The molecule has 0 aromatic rings. The fourth-order valence-electron chi connectivity index (χ4n) is 2.94. The first-order valence-corrected chi connectivity index (χ1v) is 9.69. The molecule has 0 radical (unpaired) electrons. The van der Waals surface area contributed by atoms with Gasteiger partial charge in [-0.1, -0.05) is 6.92 Å². The number of nitrogens with one attached hydrogen (secondary N) is 2. The zero-order valence-corrected chi connectivity index (χ0v) is 14.6. The van der Waals surface area contributed by atoms with E-state index < -0.39 is 0 Å². The number of rotatable bonds is 6. The lowest BCUT2D eigenvalue weighted by Crippen LogP contribution is -2.43. The van der Waals surface area contributed by atoms with Gasteiger partial charge in [0.05, 0.1) is 6.54 Å². The van der Waals surface area contributed by atoms with Crippen LogP contribution in [0.5, 0.6) is 0 Å². The van der Waals surface area contributed by atoms with Gasteiger partial charge in [0.15, 0.2) is 5.96 Å². The molecule has 21 heavy (non-hydrogen) atoms. The summed E-state index contributed by atoms with van der Waals surface area (Å²) in [5.74, 6) is 3.23. The quantitative estimate of drug-likeness (QED) is 0.582. The predicted octanol–water partition coefficient (Wildman–Crippen LogP) is 2.17. The Morgan fingerprint density at radius 1 is 1.24 bits per heavy atom. The van der Waals surface area contributed by atoms with Crippen molar-refractivity contribution >= 4 is 17.7 Å². The summed E-state index contributed by atoms with van der Waals surface area (Å²) >= 11 is 2.08. The second-order valence-corrected chi connectivity index (χ2v) is 7.71. The molecule has 2 rings (SSSR count). The van der Waals surface area contributed by atoms with E-state index in [-0.39, 0.29) is 0 Å². The second kappa shape index (κ2) is 9.57. The first-order chi connectivity index (χ1) is 10.3. The molecule has 4 nitrogen and oxygen atoms in total. The highest BCUT2D eigenvalue weighted by atomic mass is 32.2. The zero-order valence-electron chi connectivity index (χ0n) is 13.7. The van der Waals surface area contributed by atoms with Crippen LogP contribution in [0.25, 0.3) is 0 Å². The highest BCUT2D eigenvalue weighted by Gasteiger charge is 2.16. The summed E-state index contributed by atoms with van der Waals surface area (Å²) in [6, 6.07) is 0. The average Bonchev–Trinajstić information content (AvgIpc) is 3.00. The summed E-state index contributed by atoms with van der Waals surface area (Å²) in [6.45, 7) is 11.0. The van der Waals surface area contributed by atoms with E-state index in [0.717, 1.165) is 43.3 Å². The third-order valence-corrected chi connectivity index (χ3v) is 5.80. The Kier molecular flexibility index (Phi) is 7.72. The maximum atomic E-state index is 4.75. The van der Waals surface area contributed by atoms with Crippen molar-refractivity contribution in [2.24, 2.45) is 10.9 Å². The van der Waals surface area contributed by atoms with Crippen molar-refractivity contribution < 1.29 is 0 Å². The molecule has 0 aromatic carbocycles. The van der Waals surface area contributed by atoms with Crippen molar-refractivity contribution in [2.45, 2.75) is 44.8 Å². The summed E-state index contributed by atoms with van der Waals surface area (Å²) in [5, 5.41) is 7.59. The molecular formula is C16H32N4S. The van der Waals surface area contributed by atoms with Crippen molar-refractivity contribution in [2.75, 3.05) is 45.0 Å². The van der Waals surface area contributed by atoms with Gasteiger partial charge < -0.3 is 15.5 Å². The Morgan fingerprint density at radius 2 is 2.05 bits per heavy atom. The molecule has 2 N–H and O–H groups in total. The van der Waals surface area contributed by atoms with E-state index in [1.807, 2.05) is 0 Å². The zero-order chi connectivity index (χ0) is 14.9. The van der Waals surface area contributed by atoms with E-state index in [9.17, 15) is 0 Å². The van der Waals surface area contributed by atoms with Crippen LogP contribution in [0.1, 0.15) is 39.5 Å². The van der Waals surface area contributed by atoms with E-state index >= 15 is 0 Å². The van der Waals surface area contributed by atoms with Crippen LogP contribution in [0, 0.1) is 5.92 Å². The normalized spacial score (nSPS) is 25.2. The van der Waals surface area contributed by atoms with Gasteiger partial charge in [0.2, 0.25) is 0 Å². The van der Waals surface area contributed by atoms with E-state index in [2.05, 4.69) is 41.1 Å². The maximum absolute atomic E-state index is 4.75. The van der Waals surface area contributed by atoms with Crippen LogP contribution in [0.4, 0.5) is 0 Å².